The molecule has 0 aliphatic heterocycles. The van der Waals surface area contributed by atoms with Crippen LogP contribution in [-0.4, -0.2) is 43.9 Å². The fraction of sp³-hybridized carbons (Fsp3) is 0.947. The topological polar surface area (TPSA) is 62.4 Å². The van der Waals surface area contributed by atoms with Gasteiger partial charge in [-0.2, -0.15) is 0 Å². The lowest BCUT2D eigenvalue weighted by atomic mass is 10.0. The predicted octanol–water partition coefficient (Wildman–Crippen LogP) is 3.68. The summed E-state index contributed by atoms with van der Waals surface area (Å²) in [4.78, 5) is 11.7. The molecule has 0 aromatic carbocycles. The van der Waals surface area contributed by atoms with Gasteiger partial charge in [0.15, 0.2) is 0 Å². The average Bonchev–Trinajstić information content (AvgIpc) is 2.52. The molecule has 5 heteroatoms. The normalized spacial score (nSPS) is 14.0. The quantitative estimate of drug-likeness (QED) is 0.421. The Balaban J connectivity index is 3.58. The van der Waals surface area contributed by atoms with Crippen LogP contribution < -0.4 is 16.0 Å². The minimum Gasteiger partial charge on any atom is -0.448 e. The van der Waals surface area contributed by atoms with Crippen LogP contribution in [-0.2, 0) is 4.74 Å². The monoisotopic (exact) mass is 343 g/mol. The molecule has 0 aromatic heterocycles. The van der Waals surface area contributed by atoms with Crippen molar-refractivity contribution in [2.75, 3.05) is 19.7 Å². The summed E-state index contributed by atoms with van der Waals surface area (Å²) in [6.45, 7) is 15.1. The molecular weight excluding hydrogens is 302 g/mol. The van der Waals surface area contributed by atoms with Crippen LogP contribution in [0.4, 0.5) is 4.79 Å². The zero-order valence-corrected chi connectivity index (χ0v) is 16.8. The average molecular weight is 344 g/mol. The summed E-state index contributed by atoms with van der Waals surface area (Å²) in [6.07, 6.45) is 5.43. The van der Waals surface area contributed by atoms with E-state index >= 15 is 0 Å². The maximum atomic E-state index is 11.7. The van der Waals surface area contributed by atoms with Crippen molar-refractivity contribution in [1.82, 2.24) is 16.0 Å². The second-order valence-corrected chi connectivity index (χ2v) is 7.37. The number of nitrogens with one attached hydrogen (secondary N) is 3. The van der Waals surface area contributed by atoms with Crippen LogP contribution in [0.25, 0.3) is 0 Å². The zero-order chi connectivity index (χ0) is 18.4. The Morgan fingerprint density at radius 3 is 2.12 bits per heavy atom. The number of rotatable bonds is 14. The van der Waals surface area contributed by atoms with E-state index < -0.39 is 0 Å². The molecule has 2 atom stereocenters. The summed E-state index contributed by atoms with van der Waals surface area (Å²) in [5, 5.41) is 9.77. The lowest BCUT2D eigenvalue weighted by molar-refractivity contribution is 0.122. The maximum Gasteiger partial charge on any atom is 0.407 e. The van der Waals surface area contributed by atoms with E-state index in [1.165, 1.54) is 19.3 Å². The van der Waals surface area contributed by atoms with Crippen molar-refractivity contribution in [3.63, 3.8) is 0 Å². The molecule has 3 N–H and O–H groups in total. The van der Waals surface area contributed by atoms with E-state index in [1.54, 1.807) is 0 Å². The molecule has 0 bridgehead atoms. The SMILES string of the molecule is CCC(C)NCCCCCCNC(=O)OC[C@H](NC(C)C)C(C)C. The molecule has 1 unspecified atom stereocenters. The molecule has 0 aliphatic carbocycles. The van der Waals surface area contributed by atoms with Crippen molar-refractivity contribution >= 4 is 6.09 Å². The van der Waals surface area contributed by atoms with E-state index in [-0.39, 0.29) is 12.1 Å². The van der Waals surface area contributed by atoms with Crippen LogP contribution in [0.2, 0.25) is 0 Å². The van der Waals surface area contributed by atoms with Crippen molar-refractivity contribution in [2.45, 2.75) is 91.8 Å². The lowest BCUT2D eigenvalue weighted by Crippen LogP contribution is -2.43. The summed E-state index contributed by atoms with van der Waals surface area (Å²) in [5.74, 6) is 0.434. The van der Waals surface area contributed by atoms with E-state index in [0.29, 0.717) is 31.2 Å². The highest BCUT2D eigenvalue weighted by molar-refractivity contribution is 5.67. The molecular formula is C19H41N3O2. The fourth-order valence-corrected chi connectivity index (χ4v) is 2.36. The second kappa shape index (κ2) is 14.5. The van der Waals surface area contributed by atoms with Crippen LogP contribution in [0, 0.1) is 5.92 Å². The fourth-order valence-electron chi connectivity index (χ4n) is 2.36. The molecule has 144 valence electrons. The van der Waals surface area contributed by atoms with Gasteiger partial charge in [-0.3, -0.25) is 0 Å². The summed E-state index contributed by atoms with van der Waals surface area (Å²) in [5.41, 5.74) is 0. The molecule has 5 nitrogen and oxygen atoms in total. The van der Waals surface area contributed by atoms with E-state index in [2.05, 4.69) is 57.5 Å². The molecule has 0 spiro atoms. The van der Waals surface area contributed by atoms with Crippen molar-refractivity contribution in [3.05, 3.63) is 0 Å². The van der Waals surface area contributed by atoms with Gasteiger partial charge in [-0.25, -0.2) is 4.79 Å². The number of hydrogen-bond donors (Lipinski definition) is 3. The Morgan fingerprint density at radius 1 is 0.958 bits per heavy atom. The number of carbonyl (C=O) groups is 1. The molecule has 0 aliphatic rings. The Hall–Kier alpha value is -0.810. The molecule has 0 fully saturated rings. The van der Waals surface area contributed by atoms with E-state index in [4.69, 9.17) is 4.74 Å². The largest absolute Gasteiger partial charge is 0.448 e. The number of amides is 1. The third-order valence-electron chi connectivity index (χ3n) is 4.22. The number of ether oxygens (including phenoxy) is 1. The van der Waals surface area contributed by atoms with Crippen LogP contribution in [0.5, 0.6) is 0 Å². The number of unbranched alkanes of at least 4 members (excludes halogenated alkanes) is 3. The summed E-state index contributed by atoms with van der Waals surface area (Å²) in [6, 6.07) is 1.20. The van der Waals surface area contributed by atoms with Crippen LogP contribution in [0.1, 0.15) is 73.6 Å². The minimum absolute atomic E-state index is 0.203. The van der Waals surface area contributed by atoms with Gasteiger partial charge < -0.3 is 20.7 Å². The predicted molar refractivity (Wildman–Crippen MR) is 102 cm³/mol. The molecule has 0 saturated heterocycles. The van der Waals surface area contributed by atoms with E-state index in [0.717, 1.165) is 19.4 Å². The summed E-state index contributed by atoms with van der Waals surface area (Å²) < 4.78 is 5.33. The minimum atomic E-state index is -0.301. The van der Waals surface area contributed by atoms with Crippen LogP contribution in [0.15, 0.2) is 0 Å². The van der Waals surface area contributed by atoms with Gasteiger partial charge in [-0.05, 0) is 38.6 Å². The number of carbonyl (C=O) groups excluding carboxylic acids is 1. The van der Waals surface area contributed by atoms with Gasteiger partial charge in [-0.1, -0.05) is 47.5 Å². The first-order chi connectivity index (χ1) is 11.4. The third-order valence-corrected chi connectivity index (χ3v) is 4.22. The van der Waals surface area contributed by atoms with Gasteiger partial charge in [0, 0.05) is 24.7 Å². The van der Waals surface area contributed by atoms with E-state index in [1.807, 2.05) is 0 Å². The van der Waals surface area contributed by atoms with Crippen LogP contribution in [0.3, 0.4) is 0 Å². The highest BCUT2D eigenvalue weighted by atomic mass is 16.5. The molecule has 0 aromatic rings. The van der Waals surface area contributed by atoms with Gasteiger partial charge in [0.05, 0.1) is 0 Å². The van der Waals surface area contributed by atoms with Crippen LogP contribution >= 0.6 is 0 Å². The molecule has 0 rings (SSSR count). The van der Waals surface area contributed by atoms with Crippen molar-refractivity contribution in [1.29, 1.82) is 0 Å². The molecule has 0 heterocycles. The Kier molecular flexibility index (Phi) is 14.0. The zero-order valence-electron chi connectivity index (χ0n) is 16.8. The number of hydrogen-bond acceptors (Lipinski definition) is 4. The smallest absolute Gasteiger partial charge is 0.407 e. The standard InChI is InChI=1S/C19H41N3O2/c1-7-17(6)20-12-10-8-9-11-13-21-19(23)24-14-18(15(2)3)22-16(4)5/h15-18,20,22H,7-14H2,1-6H3,(H,21,23)/t17?,18-/m0/s1. The lowest BCUT2D eigenvalue weighted by Gasteiger charge is -2.24. The van der Waals surface area contributed by atoms with Gasteiger partial charge in [-0.15, -0.1) is 0 Å². The molecule has 24 heavy (non-hydrogen) atoms. The van der Waals surface area contributed by atoms with Crippen molar-refractivity contribution < 1.29 is 9.53 Å². The Morgan fingerprint density at radius 2 is 1.58 bits per heavy atom. The van der Waals surface area contributed by atoms with Gasteiger partial charge in [0.1, 0.15) is 6.61 Å². The maximum absolute atomic E-state index is 11.7. The Labute approximate surface area is 149 Å². The highest BCUT2D eigenvalue weighted by Gasteiger charge is 2.16. The van der Waals surface area contributed by atoms with Crippen molar-refractivity contribution in [3.8, 4) is 0 Å². The molecule has 0 saturated carbocycles. The van der Waals surface area contributed by atoms with Gasteiger partial charge >= 0.3 is 6.09 Å². The van der Waals surface area contributed by atoms with Gasteiger partial charge in [0.25, 0.3) is 0 Å². The summed E-state index contributed by atoms with van der Waals surface area (Å²) in [7, 11) is 0. The first-order valence-electron chi connectivity index (χ1n) is 9.76. The van der Waals surface area contributed by atoms with Gasteiger partial charge in [0.2, 0.25) is 0 Å². The first-order valence-corrected chi connectivity index (χ1v) is 9.76. The third kappa shape index (κ3) is 13.6. The highest BCUT2D eigenvalue weighted by Crippen LogP contribution is 2.04. The summed E-state index contributed by atoms with van der Waals surface area (Å²) >= 11 is 0. The second-order valence-electron chi connectivity index (χ2n) is 7.37. The molecule has 1 amide bonds. The van der Waals surface area contributed by atoms with Crippen molar-refractivity contribution in [2.24, 2.45) is 5.92 Å². The first kappa shape index (κ1) is 23.2. The van der Waals surface area contributed by atoms with E-state index in [9.17, 15) is 4.79 Å². The Bertz CT molecular complexity index is 309. The molecule has 0 radical (unpaired) electrons. The number of alkyl carbamates (subject to hydrolysis) is 1.